The minimum atomic E-state index is -3.62. The summed E-state index contributed by atoms with van der Waals surface area (Å²) in [6.45, 7) is 6.74. The number of nitrogens with zero attached hydrogens (tertiary/aromatic N) is 1. The average Bonchev–Trinajstić information content (AvgIpc) is 2.55. The van der Waals surface area contributed by atoms with Crippen LogP contribution < -0.4 is 4.74 Å². The molecular weight excluding hydrogens is 310 g/mol. The van der Waals surface area contributed by atoms with Crippen molar-refractivity contribution < 1.29 is 13.2 Å². The summed E-state index contributed by atoms with van der Waals surface area (Å²) in [6, 6.07) is 14.9. The number of rotatable bonds is 7. The molecule has 0 saturated heterocycles. The molecule has 4 nitrogen and oxygen atoms in total. The molecule has 0 N–H and O–H groups in total. The highest BCUT2D eigenvalue weighted by atomic mass is 32.2. The van der Waals surface area contributed by atoms with Crippen molar-refractivity contribution in [1.29, 1.82) is 0 Å². The van der Waals surface area contributed by atoms with Gasteiger partial charge in [0.05, 0.1) is 6.61 Å². The van der Waals surface area contributed by atoms with Crippen molar-refractivity contribution in [2.45, 2.75) is 32.2 Å². The van der Waals surface area contributed by atoms with Crippen molar-refractivity contribution in [2.75, 3.05) is 13.2 Å². The molecule has 5 heteroatoms. The third-order valence-corrected chi connectivity index (χ3v) is 5.51. The maximum absolute atomic E-state index is 13.1. The lowest BCUT2D eigenvalue weighted by molar-refractivity contribution is 0.328. The van der Waals surface area contributed by atoms with Crippen LogP contribution in [0.5, 0.6) is 5.75 Å². The summed E-state index contributed by atoms with van der Waals surface area (Å²) in [5, 5.41) is 0. The van der Waals surface area contributed by atoms with E-state index in [1.807, 2.05) is 57.2 Å². The van der Waals surface area contributed by atoms with Gasteiger partial charge in [-0.3, -0.25) is 0 Å². The Kier molecular flexibility index (Phi) is 5.80. The van der Waals surface area contributed by atoms with Crippen LogP contribution in [0.4, 0.5) is 0 Å². The molecule has 0 bridgehead atoms. The van der Waals surface area contributed by atoms with E-state index in [1.165, 1.54) is 4.31 Å². The van der Waals surface area contributed by atoms with Crippen LogP contribution in [0.25, 0.3) is 0 Å². The minimum Gasteiger partial charge on any atom is -0.492 e. The zero-order chi connectivity index (χ0) is 16.9. The fraction of sp³-hybridized carbons (Fsp3) is 0.333. The molecule has 0 aliphatic heterocycles. The van der Waals surface area contributed by atoms with Crippen molar-refractivity contribution in [3.63, 3.8) is 0 Å². The summed E-state index contributed by atoms with van der Waals surface area (Å²) in [7, 11) is -3.62. The first-order valence-corrected chi connectivity index (χ1v) is 9.20. The van der Waals surface area contributed by atoms with Gasteiger partial charge in [-0.15, -0.1) is 0 Å². The van der Waals surface area contributed by atoms with Crippen LogP contribution in [0.2, 0.25) is 0 Å². The Bertz CT molecular complexity index is 742. The van der Waals surface area contributed by atoms with Gasteiger partial charge < -0.3 is 4.74 Å². The van der Waals surface area contributed by atoms with Gasteiger partial charge in [0.1, 0.15) is 10.6 Å². The summed E-state index contributed by atoms with van der Waals surface area (Å²) < 4.78 is 33.1. The summed E-state index contributed by atoms with van der Waals surface area (Å²) in [4.78, 5) is 0.233. The van der Waals surface area contributed by atoms with Gasteiger partial charge in [0.25, 0.3) is 0 Å². The molecule has 0 aromatic heterocycles. The Balaban J connectivity index is 2.41. The zero-order valence-corrected chi connectivity index (χ0v) is 14.6. The molecule has 0 heterocycles. The van der Waals surface area contributed by atoms with Gasteiger partial charge in [-0.2, -0.15) is 4.31 Å². The highest BCUT2D eigenvalue weighted by Gasteiger charge is 2.27. The fourth-order valence-corrected chi connectivity index (χ4v) is 4.04. The predicted molar refractivity (Wildman–Crippen MR) is 92.1 cm³/mol. The second-order valence-corrected chi connectivity index (χ2v) is 7.21. The molecule has 0 amide bonds. The first-order valence-electron chi connectivity index (χ1n) is 7.76. The number of aryl methyl sites for hydroxylation is 1. The van der Waals surface area contributed by atoms with Gasteiger partial charge in [0.2, 0.25) is 10.0 Å². The van der Waals surface area contributed by atoms with Crippen LogP contribution in [0.3, 0.4) is 0 Å². The quantitative estimate of drug-likeness (QED) is 0.778. The van der Waals surface area contributed by atoms with E-state index in [9.17, 15) is 8.42 Å². The van der Waals surface area contributed by atoms with E-state index in [-0.39, 0.29) is 4.90 Å². The van der Waals surface area contributed by atoms with E-state index in [4.69, 9.17) is 4.74 Å². The van der Waals surface area contributed by atoms with Crippen molar-refractivity contribution in [2.24, 2.45) is 0 Å². The minimum absolute atomic E-state index is 0.233. The standard InChI is InChI=1S/C18H23NO3S/c1-4-19(14-16-9-7-6-8-10-16)23(20,21)18-13-15(3)11-12-17(18)22-5-2/h6-13H,4-5,14H2,1-3H3. The van der Waals surface area contributed by atoms with Crippen molar-refractivity contribution >= 4 is 10.0 Å². The second kappa shape index (κ2) is 7.62. The number of hydrogen-bond acceptors (Lipinski definition) is 3. The summed E-state index contributed by atoms with van der Waals surface area (Å²) in [6.07, 6.45) is 0. The first kappa shape index (κ1) is 17.5. The van der Waals surface area contributed by atoms with Crippen LogP contribution >= 0.6 is 0 Å². The van der Waals surface area contributed by atoms with E-state index in [2.05, 4.69) is 0 Å². The Morgan fingerprint density at radius 3 is 2.35 bits per heavy atom. The average molecular weight is 333 g/mol. The van der Waals surface area contributed by atoms with E-state index in [1.54, 1.807) is 12.1 Å². The Morgan fingerprint density at radius 2 is 1.74 bits per heavy atom. The Hall–Kier alpha value is -1.85. The maximum atomic E-state index is 13.1. The van der Waals surface area contributed by atoms with Gasteiger partial charge in [-0.05, 0) is 37.1 Å². The molecule has 0 radical (unpaired) electrons. The van der Waals surface area contributed by atoms with Gasteiger partial charge in [-0.25, -0.2) is 8.42 Å². The summed E-state index contributed by atoms with van der Waals surface area (Å²) >= 11 is 0. The molecule has 124 valence electrons. The highest BCUT2D eigenvalue weighted by Crippen LogP contribution is 2.28. The third-order valence-electron chi connectivity index (χ3n) is 3.57. The van der Waals surface area contributed by atoms with Crippen LogP contribution in [-0.2, 0) is 16.6 Å². The van der Waals surface area contributed by atoms with Gasteiger partial charge in [-0.1, -0.05) is 43.3 Å². The van der Waals surface area contributed by atoms with Crippen molar-refractivity contribution in [1.82, 2.24) is 4.31 Å². The lowest BCUT2D eigenvalue weighted by Crippen LogP contribution is -2.30. The van der Waals surface area contributed by atoms with Gasteiger partial charge in [0, 0.05) is 13.1 Å². The van der Waals surface area contributed by atoms with E-state index in [0.717, 1.165) is 11.1 Å². The molecule has 0 aliphatic rings. The largest absolute Gasteiger partial charge is 0.492 e. The number of sulfonamides is 1. The normalized spacial score (nSPS) is 11.7. The Morgan fingerprint density at radius 1 is 1.04 bits per heavy atom. The summed E-state index contributed by atoms with van der Waals surface area (Å²) in [5.74, 6) is 0.407. The second-order valence-electron chi connectivity index (χ2n) is 5.30. The van der Waals surface area contributed by atoms with Crippen LogP contribution in [0.15, 0.2) is 53.4 Å². The lowest BCUT2D eigenvalue weighted by atomic mass is 10.2. The van der Waals surface area contributed by atoms with Crippen molar-refractivity contribution in [3.8, 4) is 5.75 Å². The topological polar surface area (TPSA) is 46.6 Å². The van der Waals surface area contributed by atoms with Gasteiger partial charge >= 0.3 is 0 Å². The van der Waals surface area contributed by atoms with Crippen molar-refractivity contribution in [3.05, 3.63) is 59.7 Å². The molecule has 0 atom stereocenters. The molecule has 0 unspecified atom stereocenters. The molecule has 0 spiro atoms. The first-order chi connectivity index (χ1) is 11.0. The molecule has 0 aliphatic carbocycles. The van der Waals surface area contributed by atoms with Gasteiger partial charge in [0.15, 0.2) is 0 Å². The molecule has 23 heavy (non-hydrogen) atoms. The highest BCUT2D eigenvalue weighted by molar-refractivity contribution is 7.89. The van der Waals surface area contributed by atoms with Crippen LogP contribution in [-0.4, -0.2) is 25.9 Å². The molecule has 0 fully saturated rings. The summed E-state index contributed by atoms with van der Waals surface area (Å²) in [5.41, 5.74) is 1.85. The smallest absolute Gasteiger partial charge is 0.247 e. The number of ether oxygens (including phenoxy) is 1. The van der Waals surface area contributed by atoms with Crippen LogP contribution in [0.1, 0.15) is 25.0 Å². The SMILES string of the molecule is CCOc1ccc(C)cc1S(=O)(=O)N(CC)Cc1ccccc1. The van der Waals surface area contributed by atoms with Crippen LogP contribution in [0, 0.1) is 6.92 Å². The Labute approximate surface area is 138 Å². The van der Waals surface area contributed by atoms with E-state index >= 15 is 0 Å². The third kappa shape index (κ3) is 4.12. The van der Waals surface area contributed by atoms with E-state index < -0.39 is 10.0 Å². The maximum Gasteiger partial charge on any atom is 0.247 e. The zero-order valence-electron chi connectivity index (χ0n) is 13.8. The molecular formula is C18H23NO3S. The lowest BCUT2D eigenvalue weighted by Gasteiger charge is -2.22. The number of benzene rings is 2. The molecule has 2 rings (SSSR count). The fourth-order valence-electron chi connectivity index (χ4n) is 2.38. The molecule has 2 aromatic carbocycles. The molecule has 2 aromatic rings. The predicted octanol–water partition coefficient (Wildman–Crippen LogP) is 3.60. The monoisotopic (exact) mass is 333 g/mol. The molecule has 0 saturated carbocycles. The van der Waals surface area contributed by atoms with E-state index in [0.29, 0.717) is 25.4 Å². The number of hydrogen-bond donors (Lipinski definition) is 0.